The van der Waals surface area contributed by atoms with Crippen LogP contribution in [-0.4, -0.2) is 48.6 Å². The van der Waals surface area contributed by atoms with E-state index in [0.29, 0.717) is 31.0 Å². The fourth-order valence-corrected chi connectivity index (χ4v) is 3.37. The Morgan fingerprint density at radius 1 is 1.34 bits per heavy atom. The number of nitrogens with one attached hydrogen (secondary N) is 1. The highest BCUT2D eigenvalue weighted by atomic mass is 16.5. The molecule has 8 nitrogen and oxygen atoms in total. The maximum atomic E-state index is 13.2. The summed E-state index contributed by atoms with van der Waals surface area (Å²) in [4.78, 5) is 32.3. The monoisotopic (exact) mass is 395 g/mol. The van der Waals surface area contributed by atoms with Crippen LogP contribution in [0.25, 0.3) is 11.7 Å². The number of fused-ring (bicyclic) bond motifs is 1. The molecule has 1 aliphatic heterocycles. The summed E-state index contributed by atoms with van der Waals surface area (Å²) in [6.45, 7) is 2.49. The van der Waals surface area contributed by atoms with Gasteiger partial charge in [-0.1, -0.05) is 6.07 Å². The van der Waals surface area contributed by atoms with E-state index in [1.54, 1.807) is 25.4 Å². The Morgan fingerprint density at radius 3 is 2.86 bits per heavy atom. The maximum Gasteiger partial charge on any atom is 0.267 e. The van der Waals surface area contributed by atoms with E-state index in [2.05, 4.69) is 15.2 Å². The third-order valence-corrected chi connectivity index (χ3v) is 4.87. The van der Waals surface area contributed by atoms with Crippen molar-refractivity contribution in [2.75, 3.05) is 38.3 Å². The van der Waals surface area contributed by atoms with Gasteiger partial charge < -0.3 is 15.0 Å². The average molecular weight is 395 g/mol. The zero-order chi connectivity index (χ0) is 20.6. The van der Waals surface area contributed by atoms with Crippen LogP contribution >= 0.6 is 0 Å². The number of piperidine rings is 1. The molecule has 1 saturated heterocycles. The van der Waals surface area contributed by atoms with Crippen molar-refractivity contribution in [3.05, 3.63) is 45.9 Å². The first-order valence-corrected chi connectivity index (χ1v) is 9.81. The zero-order valence-corrected chi connectivity index (χ0v) is 16.6. The van der Waals surface area contributed by atoms with Crippen molar-refractivity contribution in [2.45, 2.75) is 25.7 Å². The van der Waals surface area contributed by atoms with E-state index < -0.39 is 5.91 Å². The Balaban J connectivity index is 2.02. The normalized spacial score (nSPS) is 14.6. The fraction of sp³-hybridized carbons (Fsp3) is 0.429. The lowest BCUT2D eigenvalue weighted by atomic mass is 10.1. The summed E-state index contributed by atoms with van der Waals surface area (Å²) in [5.41, 5.74) is 0.392. The van der Waals surface area contributed by atoms with Gasteiger partial charge >= 0.3 is 0 Å². The van der Waals surface area contributed by atoms with Crippen LogP contribution < -0.4 is 15.8 Å². The first-order chi connectivity index (χ1) is 14.2. The summed E-state index contributed by atoms with van der Waals surface area (Å²) in [7, 11) is 1.59. The van der Waals surface area contributed by atoms with E-state index in [1.165, 1.54) is 10.5 Å². The molecule has 0 atom stereocenters. The Kier molecular flexibility index (Phi) is 6.98. The van der Waals surface area contributed by atoms with Crippen molar-refractivity contribution in [3.63, 3.8) is 0 Å². The Labute approximate surface area is 169 Å². The summed E-state index contributed by atoms with van der Waals surface area (Å²) in [5, 5.41) is 12.2. The standard InChI is InChI=1S/C21H25N5O3/c1-29-13-7-9-23-20(27)16(15-22)14-17-19(25-10-4-2-5-11-25)24-18-8-3-6-12-26(18)21(17)28/h3,6,8,12,14H,2,4-5,7,9-11,13H2,1H3,(H,23,27). The Hall–Kier alpha value is -3.18. The number of hydrogen-bond donors (Lipinski definition) is 1. The number of rotatable bonds is 7. The van der Waals surface area contributed by atoms with Crippen molar-refractivity contribution in [1.29, 1.82) is 5.26 Å². The number of hydrogen-bond acceptors (Lipinski definition) is 6. The van der Waals surface area contributed by atoms with Gasteiger partial charge in [0.05, 0.1) is 5.56 Å². The Bertz CT molecular complexity index is 1000. The second-order valence-electron chi connectivity index (χ2n) is 6.90. The molecule has 1 fully saturated rings. The number of ether oxygens (including phenoxy) is 1. The van der Waals surface area contributed by atoms with Gasteiger partial charge in [0.1, 0.15) is 23.1 Å². The minimum absolute atomic E-state index is 0.115. The second-order valence-corrected chi connectivity index (χ2v) is 6.90. The summed E-state index contributed by atoms with van der Waals surface area (Å²) in [6.07, 6.45) is 6.82. The third-order valence-electron chi connectivity index (χ3n) is 4.87. The lowest BCUT2D eigenvalue weighted by Crippen LogP contribution is -2.34. The molecule has 0 spiro atoms. The largest absolute Gasteiger partial charge is 0.385 e. The van der Waals surface area contributed by atoms with Crippen LogP contribution in [0.5, 0.6) is 0 Å². The first kappa shape index (κ1) is 20.6. The number of methoxy groups -OCH3 is 1. The molecule has 2 aromatic heterocycles. The van der Waals surface area contributed by atoms with E-state index in [0.717, 1.165) is 32.4 Å². The van der Waals surface area contributed by atoms with Gasteiger partial charge in [0.2, 0.25) is 0 Å². The van der Waals surface area contributed by atoms with Crippen molar-refractivity contribution < 1.29 is 9.53 Å². The number of anilines is 1. The fourth-order valence-electron chi connectivity index (χ4n) is 3.37. The van der Waals surface area contributed by atoms with E-state index in [-0.39, 0.29) is 16.7 Å². The minimum Gasteiger partial charge on any atom is -0.385 e. The van der Waals surface area contributed by atoms with Crippen LogP contribution in [0.3, 0.4) is 0 Å². The number of nitriles is 1. The van der Waals surface area contributed by atoms with Crippen molar-refractivity contribution in [2.24, 2.45) is 0 Å². The molecule has 1 aliphatic rings. The van der Waals surface area contributed by atoms with E-state index in [4.69, 9.17) is 4.74 Å². The molecule has 29 heavy (non-hydrogen) atoms. The number of carbonyl (C=O) groups is 1. The minimum atomic E-state index is -0.509. The van der Waals surface area contributed by atoms with Crippen molar-refractivity contribution in [1.82, 2.24) is 14.7 Å². The lowest BCUT2D eigenvalue weighted by Gasteiger charge is -2.29. The van der Waals surface area contributed by atoms with Gasteiger partial charge in [0.15, 0.2) is 0 Å². The van der Waals surface area contributed by atoms with Gasteiger partial charge in [-0.2, -0.15) is 5.26 Å². The quantitative estimate of drug-likeness (QED) is 0.436. The van der Waals surface area contributed by atoms with Crippen LogP contribution in [-0.2, 0) is 9.53 Å². The van der Waals surface area contributed by atoms with Gasteiger partial charge in [0, 0.05) is 39.5 Å². The smallest absolute Gasteiger partial charge is 0.267 e. The zero-order valence-electron chi connectivity index (χ0n) is 16.6. The molecule has 2 aromatic rings. The molecular weight excluding hydrogens is 370 g/mol. The average Bonchev–Trinajstić information content (AvgIpc) is 2.76. The predicted molar refractivity (Wildman–Crippen MR) is 111 cm³/mol. The highest BCUT2D eigenvalue weighted by Crippen LogP contribution is 2.22. The number of nitrogens with zero attached hydrogens (tertiary/aromatic N) is 4. The SMILES string of the molecule is COCCCNC(=O)C(C#N)=Cc1c(N2CCCCC2)nc2ccccn2c1=O. The molecule has 3 rings (SSSR count). The topological polar surface area (TPSA) is 99.7 Å². The van der Waals surface area contributed by atoms with Crippen molar-refractivity contribution in [3.8, 4) is 6.07 Å². The van der Waals surface area contributed by atoms with Crippen LogP contribution in [0.2, 0.25) is 0 Å². The number of amides is 1. The molecule has 0 unspecified atom stereocenters. The van der Waals surface area contributed by atoms with Crippen molar-refractivity contribution >= 4 is 23.4 Å². The van der Waals surface area contributed by atoms with E-state index >= 15 is 0 Å². The summed E-state index contributed by atoms with van der Waals surface area (Å²) < 4.78 is 6.39. The molecule has 3 heterocycles. The molecule has 8 heteroatoms. The Morgan fingerprint density at radius 2 is 2.14 bits per heavy atom. The van der Waals surface area contributed by atoms with Gasteiger partial charge in [-0.25, -0.2) is 4.98 Å². The predicted octanol–water partition coefficient (Wildman–Crippen LogP) is 1.74. The van der Waals surface area contributed by atoms with Crippen LogP contribution in [0.15, 0.2) is 34.8 Å². The number of aromatic nitrogens is 2. The lowest BCUT2D eigenvalue weighted by molar-refractivity contribution is -0.117. The maximum absolute atomic E-state index is 13.2. The summed E-state index contributed by atoms with van der Waals surface area (Å²) in [5.74, 6) is 0.0200. The van der Waals surface area contributed by atoms with Crippen LogP contribution in [0, 0.1) is 11.3 Å². The molecule has 1 N–H and O–H groups in total. The first-order valence-electron chi connectivity index (χ1n) is 9.81. The molecular formula is C21H25N5O3. The molecule has 0 aliphatic carbocycles. The molecule has 1 amide bonds. The van der Waals surface area contributed by atoms with Crippen LogP contribution in [0.1, 0.15) is 31.2 Å². The van der Waals surface area contributed by atoms with E-state index in [9.17, 15) is 14.9 Å². The molecule has 0 aromatic carbocycles. The molecule has 0 bridgehead atoms. The van der Waals surface area contributed by atoms with Crippen LogP contribution in [0.4, 0.5) is 5.82 Å². The summed E-state index contributed by atoms with van der Waals surface area (Å²) >= 11 is 0. The summed E-state index contributed by atoms with van der Waals surface area (Å²) in [6, 6.07) is 7.27. The van der Waals surface area contributed by atoms with Gasteiger partial charge in [-0.05, 0) is 43.9 Å². The number of carbonyl (C=O) groups excluding carboxylic acids is 1. The third kappa shape index (κ3) is 4.81. The highest BCUT2D eigenvalue weighted by molar-refractivity contribution is 6.02. The number of pyridine rings is 1. The van der Waals surface area contributed by atoms with E-state index in [1.807, 2.05) is 12.1 Å². The second kappa shape index (κ2) is 9.85. The molecule has 0 saturated carbocycles. The van der Waals surface area contributed by atoms with Gasteiger partial charge in [-0.15, -0.1) is 0 Å². The van der Waals surface area contributed by atoms with Gasteiger partial charge in [-0.3, -0.25) is 14.0 Å². The molecule has 0 radical (unpaired) electrons. The van der Waals surface area contributed by atoms with Gasteiger partial charge in [0.25, 0.3) is 11.5 Å². The highest BCUT2D eigenvalue weighted by Gasteiger charge is 2.21. The molecule has 152 valence electrons.